The minimum Gasteiger partial charge on any atom is -0.481 e. The van der Waals surface area contributed by atoms with E-state index in [9.17, 15) is 23.1 Å². The monoisotopic (exact) mass is 310 g/mol. The minimum atomic E-state index is -4.27. The van der Waals surface area contributed by atoms with Crippen LogP contribution in [0.1, 0.15) is 67.7 Å². The first kappa shape index (κ1) is 20.3. The van der Waals surface area contributed by atoms with Crippen molar-refractivity contribution in [2.75, 3.05) is 0 Å². The molecule has 0 saturated heterocycles. The third-order valence-corrected chi connectivity index (χ3v) is 5.08. The lowest BCUT2D eigenvalue weighted by molar-refractivity contribution is -0.225. The SMILES string of the molecule is CCC(CC(C)(C)C(C)(C)CC(C)(C)C(F)(F)F)C(=O)O. The lowest BCUT2D eigenvalue weighted by Crippen LogP contribution is -2.43. The number of carboxylic acid groups (broad SMARTS) is 1. The van der Waals surface area contributed by atoms with Gasteiger partial charge in [0.1, 0.15) is 0 Å². The Morgan fingerprint density at radius 3 is 1.67 bits per heavy atom. The van der Waals surface area contributed by atoms with Crippen LogP contribution in [0.2, 0.25) is 0 Å². The van der Waals surface area contributed by atoms with Gasteiger partial charge in [-0.1, -0.05) is 48.5 Å². The van der Waals surface area contributed by atoms with Gasteiger partial charge in [0.25, 0.3) is 0 Å². The van der Waals surface area contributed by atoms with Gasteiger partial charge in [0.15, 0.2) is 0 Å². The van der Waals surface area contributed by atoms with Crippen LogP contribution in [0, 0.1) is 22.2 Å². The van der Waals surface area contributed by atoms with Crippen LogP contribution in [0.4, 0.5) is 13.2 Å². The highest BCUT2D eigenvalue weighted by Gasteiger charge is 2.52. The average molecular weight is 310 g/mol. The average Bonchev–Trinajstić information content (AvgIpc) is 2.22. The summed E-state index contributed by atoms with van der Waals surface area (Å²) in [7, 11) is 0. The van der Waals surface area contributed by atoms with E-state index in [1.54, 1.807) is 20.8 Å². The van der Waals surface area contributed by atoms with Gasteiger partial charge in [-0.25, -0.2) is 0 Å². The summed E-state index contributed by atoms with van der Waals surface area (Å²) in [6.07, 6.45) is -3.44. The van der Waals surface area contributed by atoms with E-state index in [0.29, 0.717) is 12.8 Å². The molecule has 0 aromatic heterocycles. The van der Waals surface area contributed by atoms with Crippen LogP contribution in [-0.2, 0) is 4.79 Å². The number of hydrogen-bond acceptors (Lipinski definition) is 1. The molecule has 2 nitrogen and oxygen atoms in total. The van der Waals surface area contributed by atoms with Crippen molar-refractivity contribution in [2.24, 2.45) is 22.2 Å². The number of alkyl halides is 3. The second-order valence-electron chi connectivity index (χ2n) is 7.97. The van der Waals surface area contributed by atoms with Crippen molar-refractivity contribution in [2.45, 2.75) is 73.9 Å². The second-order valence-corrected chi connectivity index (χ2v) is 7.97. The highest BCUT2D eigenvalue weighted by atomic mass is 19.4. The number of hydrogen-bond donors (Lipinski definition) is 1. The third-order valence-electron chi connectivity index (χ3n) is 5.08. The molecule has 0 aliphatic heterocycles. The van der Waals surface area contributed by atoms with Crippen LogP contribution < -0.4 is 0 Å². The maximum absolute atomic E-state index is 13.1. The smallest absolute Gasteiger partial charge is 0.393 e. The van der Waals surface area contributed by atoms with E-state index >= 15 is 0 Å². The molecule has 0 aliphatic carbocycles. The zero-order valence-corrected chi connectivity index (χ0v) is 14.2. The zero-order valence-electron chi connectivity index (χ0n) is 14.2. The summed E-state index contributed by atoms with van der Waals surface area (Å²) in [5, 5.41) is 9.18. The predicted octanol–water partition coefficient (Wildman–Crippen LogP) is 5.52. The Labute approximate surface area is 126 Å². The third kappa shape index (κ3) is 4.89. The Morgan fingerprint density at radius 1 is 0.952 bits per heavy atom. The highest BCUT2D eigenvalue weighted by Crippen LogP contribution is 2.53. The van der Waals surface area contributed by atoms with Crippen LogP contribution in [0.15, 0.2) is 0 Å². The van der Waals surface area contributed by atoms with Gasteiger partial charge in [0.2, 0.25) is 0 Å². The number of halogens is 3. The lowest BCUT2D eigenvalue weighted by Gasteiger charge is -2.47. The van der Waals surface area contributed by atoms with Crippen molar-refractivity contribution in [1.82, 2.24) is 0 Å². The Balaban J connectivity index is 5.25. The quantitative estimate of drug-likeness (QED) is 0.672. The fourth-order valence-electron chi connectivity index (χ4n) is 2.74. The molecule has 0 spiro atoms. The Kier molecular flexibility index (Phi) is 5.95. The number of carbonyl (C=O) groups is 1. The molecule has 1 atom stereocenters. The summed E-state index contributed by atoms with van der Waals surface area (Å²) in [6.45, 7) is 11.5. The van der Waals surface area contributed by atoms with E-state index in [-0.39, 0.29) is 6.42 Å². The molecule has 0 bridgehead atoms. The van der Waals surface area contributed by atoms with Crippen molar-refractivity contribution >= 4 is 5.97 Å². The molecule has 0 rings (SSSR count). The van der Waals surface area contributed by atoms with E-state index in [4.69, 9.17) is 0 Å². The molecule has 1 unspecified atom stereocenters. The molecule has 0 fully saturated rings. The Bertz CT molecular complexity index is 368. The minimum absolute atomic E-state index is 0.0352. The molecule has 0 radical (unpaired) electrons. The second kappa shape index (κ2) is 6.17. The largest absolute Gasteiger partial charge is 0.481 e. The number of aliphatic carboxylic acids is 1. The molecule has 0 aromatic rings. The molecule has 21 heavy (non-hydrogen) atoms. The van der Waals surface area contributed by atoms with Gasteiger partial charge >= 0.3 is 12.1 Å². The van der Waals surface area contributed by atoms with Gasteiger partial charge in [-0.05, 0) is 30.1 Å². The van der Waals surface area contributed by atoms with E-state index < -0.39 is 34.3 Å². The molecule has 0 aromatic carbocycles. The maximum Gasteiger partial charge on any atom is 0.393 e. The lowest BCUT2D eigenvalue weighted by atomic mass is 9.58. The summed E-state index contributed by atoms with van der Waals surface area (Å²) in [6, 6.07) is 0. The first-order valence-electron chi connectivity index (χ1n) is 7.37. The van der Waals surface area contributed by atoms with Crippen molar-refractivity contribution in [3.8, 4) is 0 Å². The first-order valence-corrected chi connectivity index (χ1v) is 7.37. The number of carboxylic acids is 1. The topological polar surface area (TPSA) is 37.3 Å². The number of rotatable bonds is 7. The van der Waals surface area contributed by atoms with Gasteiger partial charge in [-0.15, -0.1) is 0 Å². The van der Waals surface area contributed by atoms with Crippen molar-refractivity contribution in [3.63, 3.8) is 0 Å². The van der Waals surface area contributed by atoms with Gasteiger partial charge in [-0.2, -0.15) is 13.2 Å². The van der Waals surface area contributed by atoms with Crippen molar-refractivity contribution < 1.29 is 23.1 Å². The van der Waals surface area contributed by atoms with E-state index in [0.717, 1.165) is 0 Å². The summed E-state index contributed by atoms with van der Waals surface area (Å²) >= 11 is 0. The fraction of sp³-hybridized carbons (Fsp3) is 0.938. The fourth-order valence-corrected chi connectivity index (χ4v) is 2.74. The normalized spacial score (nSPS) is 15.9. The molecule has 0 saturated carbocycles. The van der Waals surface area contributed by atoms with E-state index in [1.807, 2.05) is 13.8 Å². The zero-order chi connectivity index (χ0) is 17.3. The Morgan fingerprint density at radius 2 is 1.38 bits per heavy atom. The molecule has 5 heteroatoms. The maximum atomic E-state index is 13.1. The summed E-state index contributed by atoms with van der Waals surface area (Å²) in [4.78, 5) is 11.2. The molecular formula is C16H29F3O2. The summed E-state index contributed by atoms with van der Waals surface area (Å²) in [5.41, 5.74) is -2.93. The van der Waals surface area contributed by atoms with Gasteiger partial charge in [0.05, 0.1) is 11.3 Å². The molecular weight excluding hydrogens is 281 g/mol. The van der Waals surface area contributed by atoms with Crippen LogP contribution in [0.25, 0.3) is 0 Å². The highest BCUT2D eigenvalue weighted by molar-refractivity contribution is 5.69. The van der Waals surface area contributed by atoms with Crippen molar-refractivity contribution in [1.29, 1.82) is 0 Å². The van der Waals surface area contributed by atoms with Crippen LogP contribution in [-0.4, -0.2) is 17.3 Å². The molecule has 1 N–H and O–H groups in total. The standard InChI is InChI=1S/C16H29F3O2/c1-8-11(12(20)21)9-13(2,3)14(4,5)10-15(6,7)16(17,18)19/h11H,8-10H2,1-7H3,(H,20,21). The first-order chi connectivity index (χ1) is 9.07. The van der Waals surface area contributed by atoms with Gasteiger partial charge in [0, 0.05) is 0 Å². The molecule has 126 valence electrons. The summed E-state index contributed by atoms with van der Waals surface area (Å²) in [5.74, 6) is -1.40. The van der Waals surface area contributed by atoms with Crippen LogP contribution >= 0.6 is 0 Å². The molecule has 0 amide bonds. The van der Waals surface area contributed by atoms with E-state index in [1.165, 1.54) is 13.8 Å². The predicted molar refractivity (Wildman–Crippen MR) is 78.0 cm³/mol. The Hall–Kier alpha value is -0.740. The summed E-state index contributed by atoms with van der Waals surface area (Å²) < 4.78 is 39.3. The van der Waals surface area contributed by atoms with Gasteiger partial charge < -0.3 is 5.11 Å². The van der Waals surface area contributed by atoms with E-state index in [2.05, 4.69) is 0 Å². The van der Waals surface area contributed by atoms with Crippen molar-refractivity contribution in [3.05, 3.63) is 0 Å². The van der Waals surface area contributed by atoms with Crippen LogP contribution in [0.5, 0.6) is 0 Å². The van der Waals surface area contributed by atoms with Crippen LogP contribution in [0.3, 0.4) is 0 Å². The van der Waals surface area contributed by atoms with Gasteiger partial charge in [-0.3, -0.25) is 4.79 Å². The molecule has 0 heterocycles. The molecule has 0 aliphatic rings.